The second-order valence-electron chi connectivity index (χ2n) is 7.80. The standard InChI is InChI=1S/C25H21N3O2S3/c1-4-27-18-12-10-15(2)14-16(18)11-13-19(27)20-23(30)28(17-8-6-5-7-9-17)24(32-20)21-22(29)26(3)25(31)33-21/h5-14H,4H2,1-3H3/b20-19+,24-21-. The van der Waals surface area contributed by atoms with E-state index in [-0.39, 0.29) is 11.5 Å². The Kier molecular flexibility index (Phi) is 5.60. The average Bonchev–Trinajstić information content (AvgIpc) is 3.29. The quantitative estimate of drug-likeness (QED) is 0.514. The van der Waals surface area contributed by atoms with Gasteiger partial charge in [-0.1, -0.05) is 59.9 Å². The Morgan fingerprint density at radius 3 is 2.45 bits per heavy atom. The van der Waals surface area contributed by atoms with Crippen LogP contribution in [0.5, 0.6) is 0 Å². The zero-order valence-corrected chi connectivity index (χ0v) is 20.8. The fourth-order valence-electron chi connectivity index (χ4n) is 4.05. The van der Waals surface area contributed by atoms with Crippen molar-refractivity contribution in [1.29, 1.82) is 0 Å². The van der Waals surface area contributed by atoms with E-state index in [0.717, 1.165) is 22.6 Å². The number of thioether (sulfide) groups is 1. The van der Waals surface area contributed by atoms with Crippen LogP contribution in [0.1, 0.15) is 18.1 Å². The third-order valence-electron chi connectivity index (χ3n) is 5.70. The van der Waals surface area contributed by atoms with Crippen molar-refractivity contribution in [2.45, 2.75) is 13.8 Å². The summed E-state index contributed by atoms with van der Waals surface area (Å²) in [5, 5.41) is 0. The van der Waals surface area contributed by atoms with Crippen molar-refractivity contribution >= 4 is 67.9 Å². The smallest absolute Gasteiger partial charge is 0.275 e. The van der Waals surface area contributed by atoms with Crippen LogP contribution in [0.3, 0.4) is 0 Å². The van der Waals surface area contributed by atoms with Gasteiger partial charge in [0, 0.05) is 19.3 Å². The number of benzene rings is 2. The number of carbonyl (C=O) groups is 1. The number of thiocarbonyl (C=S) groups is 1. The Balaban J connectivity index is 1.87. The van der Waals surface area contributed by atoms with Gasteiger partial charge in [-0.15, -0.1) is 11.3 Å². The van der Waals surface area contributed by atoms with Gasteiger partial charge >= 0.3 is 0 Å². The molecule has 2 aliphatic rings. The Hall–Kier alpha value is -2.94. The molecule has 8 heteroatoms. The van der Waals surface area contributed by atoms with Crippen LogP contribution in [-0.4, -0.2) is 33.3 Å². The molecule has 2 aliphatic heterocycles. The molecule has 1 amide bonds. The van der Waals surface area contributed by atoms with Crippen molar-refractivity contribution in [2.75, 3.05) is 18.5 Å². The fraction of sp³-hybridized carbons (Fsp3) is 0.160. The maximum absolute atomic E-state index is 13.9. The van der Waals surface area contributed by atoms with Gasteiger partial charge in [0.05, 0.1) is 11.4 Å². The molecule has 0 atom stereocenters. The Morgan fingerprint density at radius 2 is 1.79 bits per heavy atom. The number of hydrogen-bond donors (Lipinski definition) is 0. The van der Waals surface area contributed by atoms with Crippen molar-refractivity contribution in [3.05, 3.63) is 85.3 Å². The maximum atomic E-state index is 13.9. The lowest BCUT2D eigenvalue weighted by atomic mass is 10.0. The van der Waals surface area contributed by atoms with Gasteiger partial charge in [-0.25, -0.2) is 0 Å². The summed E-state index contributed by atoms with van der Waals surface area (Å²) in [6, 6.07) is 15.8. The van der Waals surface area contributed by atoms with Crippen LogP contribution in [-0.2, 0) is 4.79 Å². The van der Waals surface area contributed by atoms with Crippen molar-refractivity contribution in [3.63, 3.8) is 0 Å². The van der Waals surface area contributed by atoms with Crippen LogP contribution in [0.4, 0.5) is 5.69 Å². The van der Waals surface area contributed by atoms with Gasteiger partial charge in [-0.3, -0.25) is 19.1 Å². The number of aryl methyl sites for hydroxylation is 1. The molecule has 0 unspecified atom stereocenters. The van der Waals surface area contributed by atoms with Gasteiger partial charge in [0.2, 0.25) is 0 Å². The number of para-hydroxylation sites is 1. The monoisotopic (exact) mass is 491 g/mol. The van der Waals surface area contributed by atoms with Gasteiger partial charge in [0.1, 0.15) is 18.4 Å². The second-order valence-corrected chi connectivity index (χ2v) is 10.4. The van der Waals surface area contributed by atoms with Crippen molar-refractivity contribution in [2.24, 2.45) is 0 Å². The first-order valence-electron chi connectivity index (χ1n) is 10.5. The maximum Gasteiger partial charge on any atom is 0.275 e. The lowest BCUT2D eigenvalue weighted by Gasteiger charge is -2.29. The first kappa shape index (κ1) is 21.9. The number of anilines is 1. The molecule has 3 aromatic rings. The minimum atomic E-state index is -0.181. The molecule has 0 radical (unpaired) electrons. The minimum absolute atomic E-state index is 0.142. The molecular formula is C25H21N3O2S3. The van der Waals surface area contributed by atoms with E-state index in [1.807, 2.05) is 36.4 Å². The molecule has 3 heterocycles. The summed E-state index contributed by atoms with van der Waals surface area (Å²) in [5.41, 5.74) is 4.81. The highest BCUT2D eigenvalue weighted by molar-refractivity contribution is 8.30. The lowest BCUT2D eigenvalue weighted by molar-refractivity contribution is -0.119. The van der Waals surface area contributed by atoms with E-state index >= 15 is 0 Å². The molecule has 166 valence electrons. The van der Waals surface area contributed by atoms with E-state index in [4.69, 9.17) is 12.2 Å². The van der Waals surface area contributed by atoms with Gasteiger partial charge in [-0.2, -0.15) is 0 Å². The van der Waals surface area contributed by atoms with E-state index in [0.29, 0.717) is 25.0 Å². The first-order chi connectivity index (χ1) is 15.9. The van der Waals surface area contributed by atoms with Gasteiger partial charge in [0.25, 0.3) is 11.5 Å². The second kappa shape index (κ2) is 8.44. The molecule has 0 spiro atoms. The van der Waals surface area contributed by atoms with Crippen LogP contribution in [0.2, 0.25) is 0 Å². The predicted octanol–water partition coefficient (Wildman–Crippen LogP) is 3.47. The highest BCUT2D eigenvalue weighted by Gasteiger charge is 2.32. The van der Waals surface area contributed by atoms with Gasteiger partial charge in [0.15, 0.2) is 0 Å². The zero-order chi connectivity index (χ0) is 23.3. The summed E-state index contributed by atoms with van der Waals surface area (Å²) in [4.78, 5) is 30.9. The summed E-state index contributed by atoms with van der Waals surface area (Å²) in [5.74, 6) is -0.181. The van der Waals surface area contributed by atoms with Crippen molar-refractivity contribution in [1.82, 2.24) is 9.47 Å². The van der Waals surface area contributed by atoms with E-state index in [9.17, 15) is 9.59 Å². The number of aromatic nitrogens is 1. The molecule has 1 saturated heterocycles. The minimum Gasteiger partial charge on any atom is -0.340 e. The Labute approximate surface area is 205 Å². The summed E-state index contributed by atoms with van der Waals surface area (Å²) < 4.78 is 3.33. The van der Waals surface area contributed by atoms with Crippen LogP contribution in [0.25, 0.3) is 22.4 Å². The van der Waals surface area contributed by atoms with Crippen LogP contribution < -0.4 is 19.7 Å². The molecule has 2 aromatic carbocycles. The molecule has 0 saturated carbocycles. The number of hydrogen-bond acceptors (Lipinski definition) is 6. The van der Waals surface area contributed by atoms with E-state index in [2.05, 4.69) is 43.0 Å². The summed E-state index contributed by atoms with van der Waals surface area (Å²) in [7, 11) is 1.67. The van der Waals surface area contributed by atoms with Crippen LogP contribution in [0.15, 0.2) is 59.4 Å². The molecule has 1 aromatic heterocycles. The summed E-state index contributed by atoms with van der Waals surface area (Å²) >= 11 is 7.94. The average molecular weight is 492 g/mol. The number of thiazole rings is 1. The molecule has 5 nitrogen and oxygen atoms in total. The number of carbonyl (C=O) groups excluding carboxylic acids is 1. The number of likely N-dealkylation sites (N-methyl/N-ethyl adjacent to an activating group) is 1. The molecule has 0 aliphatic carbocycles. The number of fused-ring (bicyclic) bond motifs is 1. The third-order valence-corrected chi connectivity index (χ3v) is 8.55. The highest BCUT2D eigenvalue weighted by atomic mass is 32.2. The first-order valence-corrected chi connectivity index (χ1v) is 12.6. The molecule has 0 bridgehead atoms. The fourth-order valence-corrected chi connectivity index (χ4v) is 6.55. The molecule has 1 fully saturated rings. The normalized spacial score (nSPS) is 18.9. The van der Waals surface area contributed by atoms with Crippen LogP contribution in [0, 0.1) is 6.92 Å². The number of nitrogens with zero attached hydrogens (tertiary/aromatic N) is 3. The van der Waals surface area contributed by atoms with E-state index < -0.39 is 0 Å². The highest BCUT2D eigenvalue weighted by Crippen LogP contribution is 2.32. The van der Waals surface area contributed by atoms with Gasteiger partial charge in [-0.05, 0) is 49.8 Å². The van der Waals surface area contributed by atoms with Crippen molar-refractivity contribution < 1.29 is 4.79 Å². The largest absolute Gasteiger partial charge is 0.340 e. The van der Waals surface area contributed by atoms with Gasteiger partial charge < -0.3 is 4.90 Å². The Bertz CT molecular complexity index is 1520. The van der Waals surface area contributed by atoms with E-state index in [1.54, 1.807) is 11.6 Å². The summed E-state index contributed by atoms with van der Waals surface area (Å²) in [6.45, 7) is 4.86. The molecule has 5 rings (SSSR count). The Morgan fingerprint density at radius 1 is 1.03 bits per heavy atom. The summed E-state index contributed by atoms with van der Waals surface area (Å²) in [6.07, 6.45) is 4.06. The SMILES string of the molecule is CCN1/C(=c2/s/c(=C3\SC(=S)N(C)C3=O)n(-c3ccccc3)c2=O)C=Cc2cc(C)ccc21. The molecule has 33 heavy (non-hydrogen) atoms. The predicted molar refractivity (Wildman–Crippen MR) is 142 cm³/mol. The topological polar surface area (TPSA) is 45.5 Å². The number of amides is 1. The third kappa shape index (κ3) is 3.58. The zero-order valence-electron chi connectivity index (χ0n) is 18.4. The number of rotatable bonds is 2. The lowest BCUT2D eigenvalue weighted by Crippen LogP contribution is -2.36. The van der Waals surface area contributed by atoms with E-state index in [1.165, 1.54) is 33.6 Å². The van der Waals surface area contributed by atoms with Crippen LogP contribution >= 0.6 is 35.3 Å². The molecular weight excluding hydrogens is 470 g/mol. The van der Waals surface area contributed by atoms with Crippen molar-refractivity contribution in [3.8, 4) is 5.69 Å². The molecule has 0 N–H and O–H groups in total.